The molecule has 1 fully saturated rings. The number of thiazole rings is 2. The van der Waals surface area contributed by atoms with Crippen molar-refractivity contribution in [2.75, 3.05) is 39.9 Å². The Morgan fingerprint density at radius 1 is 0.929 bits per heavy atom. The number of nitrogens with one attached hydrogen (secondary N) is 2. The number of Topliss-reactive ketones (excluding diaryl/α,β-unsaturated/α-hetero) is 1. The van der Waals surface area contributed by atoms with Crippen LogP contribution in [0.3, 0.4) is 0 Å². The number of carbonyl (C=O) groups is 3. The first-order valence-corrected chi connectivity index (χ1v) is 21.5. The molecule has 5 rings (SSSR count). The first-order valence-electron chi connectivity index (χ1n) is 19.8. The molecule has 0 spiro atoms. The zero-order valence-electron chi connectivity index (χ0n) is 33.7. The molecule has 56 heavy (non-hydrogen) atoms. The second kappa shape index (κ2) is 24.5. The van der Waals surface area contributed by atoms with Crippen LogP contribution in [0.2, 0.25) is 0 Å². The molecule has 2 N–H and O–H groups in total. The van der Waals surface area contributed by atoms with Crippen LogP contribution in [0, 0.1) is 5.92 Å². The summed E-state index contributed by atoms with van der Waals surface area (Å²) < 4.78 is 10.6. The summed E-state index contributed by atoms with van der Waals surface area (Å²) in [5.41, 5.74) is 5.05. The zero-order valence-corrected chi connectivity index (χ0v) is 35.3. The lowest BCUT2D eigenvalue weighted by molar-refractivity contribution is -0.122. The van der Waals surface area contributed by atoms with Crippen LogP contribution in [0.1, 0.15) is 86.0 Å². The number of hydrogen-bond donors (Lipinski definition) is 2. The third kappa shape index (κ3) is 16.5. The van der Waals surface area contributed by atoms with Crippen LogP contribution in [-0.4, -0.2) is 89.7 Å². The van der Waals surface area contributed by atoms with Crippen LogP contribution in [0.25, 0.3) is 0 Å². The quantitative estimate of drug-likeness (QED) is 0.0974. The SMILES string of the molecule is CC(Cc1ccccc1)NC(=O)OCc1cncs1.CCCC(CC(=O)C(CCN1CCOCC1)NC(=O)N(C)Cc1csc(C(C)C)n1)Cc1ccccc1. The normalized spacial score (nSPS) is 14.5. The molecule has 1 aliphatic rings. The van der Waals surface area contributed by atoms with Crippen LogP contribution >= 0.6 is 22.7 Å². The van der Waals surface area contributed by atoms with Gasteiger partial charge in [-0.1, -0.05) is 87.9 Å². The third-order valence-corrected chi connectivity index (χ3v) is 11.4. The minimum absolute atomic E-state index is 0.0383. The Hall–Kier alpha value is -4.17. The Bertz CT molecular complexity index is 1700. The number of carbonyl (C=O) groups excluding carboxylic acids is 3. The van der Waals surface area contributed by atoms with Crippen LogP contribution in [0.15, 0.2) is 77.8 Å². The number of benzene rings is 2. The average molecular weight is 805 g/mol. The van der Waals surface area contributed by atoms with Crippen molar-refractivity contribution in [2.45, 2.75) is 97.4 Å². The second-order valence-electron chi connectivity index (χ2n) is 14.7. The molecule has 2 aromatic heterocycles. The lowest BCUT2D eigenvalue weighted by Crippen LogP contribution is -2.48. The number of nitrogens with zero attached hydrogens (tertiary/aromatic N) is 4. The van der Waals surface area contributed by atoms with Crippen molar-refractivity contribution in [3.05, 3.63) is 104 Å². The first-order chi connectivity index (χ1) is 27.1. The number of alkyl carbamates (subject to hydrolysis) is 1. The molecule has 0 aliphatic carbocycles. The van der Waals surface area contributed by atoms with Gasteiger partial charge in [-0.25, -0.2) is 14.6 Å². The van der Waals surface area contributed by atoms with Gasteiger partial charge in [0.05, 0.1) is 46.9 Å². The maximum atomic E-state index is 13.6. The largest absolute Gasteiger partial charge is 0.444 e. The summed E-state index contributed by atoms with van der Waals surface area (Å²) in [5, 5.41) is 8.97. The number of morpholine rings is 1. The van der Waals surface area contributed by atoms with E-state index in [0.29, 0.717) is 25.3 Å². The first kappa shape index (κ1) is 44.5. The van der Waals surface area contributed by atoms with Crippen LogP contribution < -0.4 is 10.6 Å². The molecule has 3 atom stereocenters. The van der Waals surface area contributed by atoms with Crippen molar-refractivity contribution in [1.82, 2.24) is 30.4 Å². The molecule has 0 saturated carbocycles. The molecular weight excluding hydrogens is 745 g/mol. The van der Waals surface area contributed by atoms with E-state index in [2.05, 4.69) is 58.4 Å². The van der Waals surface area contributed by atoms with Gasteiger partial charge >= 0.3 is 12.1 Å². The Kier molecular flexibility index (Phi) is 19.5. The highest BCUT2D eigenvalue weighted by Crippen LogP contribution is 2.21. The minimum atomic E-state index is -0.505. The van der Waals surface area contributed by atoms with E-state index in [1.165, 1.54) is 22.5 Å². The Labute approximate surface area is 341 Å². The maximum absolute atomic E-state index is 13.6. The average Bonchev–Trinajstić information content (AvgIpc) is 3.90. The molecule has 304 valence electrons. The molecule has 11 nitrogen and oxygen atoms in total. The number of ketones is 1. The standard InChI is InChI=1S/C29H44N4O3S.C14H16N2O2S/c1-5-9-24(18-23-10-7-6-8-11-23)19-27(34)26(12-13-33-14-16-36-17-15-33)31-29(35)32(4)20-25-21-37-28(30-25)22(2)3;1-11(7-12-5-3-2-4-6-12)16-14(17)18-9-13-8-15-10-19-13/h6-8,10-11,21-22,24,26H,5,9,12-20H2,1-4H3,(H,31,35);2-6,8,10-11H,7,9H2,1H3,(H,16,17). The molecule has 3 heterocycles. The second-order valence-corrected chi connectivity index (χ2v) is 16.6. The van der Waals surface area contributed by atoms with E-state index in [1.54, 1.807) is 35.0 Å². The molecule has 3 amide bonds. The van der Waals surface area contributed by atoms with Crippen LogP contribution in [-0.2, 0) is 40.3 Å². The monoisotopic (exact) mass is 804 g/mol. The smallest absolute Gasteiger partial charge is 0.407 e. The van der Waals surface area contributed by atoms with E-state index in [-0.39, 0.29) is 30.4 Å². The van der Waals surface area contributed by atoms with Crippen molar-refractivity contribution in [2.24, 2.45) is 5.92 Å². The summed E-state index contributed by atoms with van der Waals surface area (Å²) in [4.78, 5) is 51.8. The van der Waals surface area contributed by atoms with Crippen LogP contribution in [0.5, 0.6) is 0 Å². The zero-order chi connectivity index (χ0) is 40.1. The Morgan fingerprint density at radius 3 is 2.21 bits per heavy atom. The van der Waals surface area contributed by atoms with Crippen LogP contribution in [0.4, 0.5) is 9.59 Å². The van der Waals surface area contributed by atoms with E-state index in [1.807, 2.05) is 60.8 Å². The predicted molar refractivity (Wildman–Crippen MR) is 225 cm³/mol. The number of ether oxygens (including phenoxy) is 2. The molecule has 0 bridgehead atoms. The Morgan fingerprint density at radius 2 is 1.61 bits per heavy atom. The number of hydrogen-bond acceptors (Lipinski definition) is 10. The van der Waals surface area contributed by atoms with Gasteiger partial charge in [-0.15, -0.1) is 22.7 Å². The van der Waals surface area contributed by atoms with Crippen molar-refractivity contribution >= 4 is 40.6 Å². The van der Waals surface area contributed by atoms with Gasteiger partial charge < -0.3 is 25.0 Å². The molecule has 1 aliphatic heterocycles. The van der Waals surface area contributed by atoms with Crippen molar-refractivity contribution in [1.29, 1.82) is 0 Å². The molecule has 3 unspecified atom stereocenters. The van der Waals surface area contributed by atoms with Gasteiger partial charge in [0.2, 0.25) is 0 Å². The lowest BCUT2D eigenvalue weighted by Gasteiger charge is -2.29. The minimum Gasteiger partial charge on any atom is -0.444 e. The van der Waals surface area contributed by atoms with Gasteiger partial charge in [-0.3, -0.25) is 14.7 Å². The summed E-state index contributed by atoms with van der Waals surface area (Å²) in [7, 11) is 1.77. The predicted octanol–water partition coefficient (Wildman–Crippen LogP) is 8.12. The van der Waals surface area contributed by atoms with E-state index in [9.17, 15) is 14.4 Å². The van der Waals surface area contributed by atoms with Gasteiger partial charge in [0.25, 0.3) is 0 Å². The van der Waals surface area contributed by atoms with Crippen molar-refractivity contribution < 1.29 is 23.9 Å². The van der Waals surface area contributed by atoms with E-state index >= 15 is 0 Å². The fraction of sp³-hybridized carbons (Fsp3) is 0.512. The molecule has 0 radical (unpaired) electrons. The van der Waals surface area contributed by atoms with Gasteiger partial charge in [-0.2, -0.15) is 0 Å². The number of urea groups is 1. The van der Waals surface area contributed by atoms with Gasteiger partial charge in [0.1, 0.15) is 6.61 Å². The van der Waals surface area contributed by atoms with E-state index in [4.69, 9.17) is 9.47 Å². The highest BCUT2D eigenvalue weighted by atomic mass is 32.1. The lowest BCUT2D eigenvalue weighted by atomic mass is 9.88. The third-order valence-electron chi connectivity index (χ3n) is 9.47. The van der Waals surface area contributed by atoms with Crippen molar-refractivity contribution in [3.63, 3.8) is 0 Å². The summed E-state index contributed by atoms with van der Waals surface area (Å²) >= 11 is 3.10. The van der Waals surface area contributed by atoms with Gasteiger partial charge in [-0.05, 0) is 49.7 Å². The Balaban J connectivity index is 0.000000306. The summed E-state index contributed by atoms with van der Waals surface area (Å²) in [6.07, 6.45) is 6.09. The number of rotatable bonds is 19. The number of amides is 3. The molecule has 4 aromatic rings. The van der Waals surface area contributed by atoms with E-state index < -0.39 is 12.1 Å². The highest BCUT2D eigenvalue weighted by Gasteiger charge is 2.26. The fourth-order valence-corrected chi connectivity index (χ4v) is 7.79. The summed E-state index contributed by atoms with van der Waals surface area (Å²) in [6, 6.07) is 19.7. The summed E-state index contributed by atoms with van der Waals surface area (Å²) in [6.45, 7) is 13.0. The van der Waals surface area contributed by atoms with Crippen molar-refractivity contribution in [3.8, 4) is 0 Å². The highest BCUT2D eigenvalue weighted by molar-refractivity contribution is 7.09. The topological polar surface area (TPSA) is 126 Å². The molecular formula is C43H60N6O5S2. The fourth-order valence-electron chi connectivity index (χ4n) is 6.45. The molecule has 1 saturated heterocycles. The summed E-state index contributed by atoms with van der Waals surface area (Å²) in [5.74, 6) is 0.761. The van der Waals surface area contributed by atoms with Gasteiger partial charge in [0.15, 0.2) is 5.78 Å². The molecule has 13 heteroatoms. The van der Waals surface area contributed by atoms with E-state index in [0.717, 1.165) is 74.1 Å². The van der Waals surface area contributed by atoms with Gasteiger partial charge in [0, 0.05) is 56.6 Å². The number of aromatic nitrogens is 2. The maximum Gasteiger partial charge on any atom is 0.407 e. The molecule has 2 aromatic carbocycles.